The first-order chi connectivity index (χ1) is 7.41. The molecule has 0 bridgehead atoms. The van der Waals surface area contributed by atoms with E-state index in [2.05, 4.69) is 26.1 Å². The molecule has 0 aromatic heterocycles. The van der Waals surface area contributed by atoms with Gasteiger partial charge in [-0.2, -0.15) is 0 Å². The van der Waals surface area contributed by atoms with Gasteiger partial charge in [0, 0.05) is 6.04 Å². The monoisotopic (exact) mass is 233 g/mol. The van der Waals surface area contributed by atoms with Crippen LogP contribution in [0.1, 0.15) is 47.0 Å². The Balaban J connectivity index is 2.57. The molecule has 0 spiro atoms. The first-order valence-corrected chi connectivity index (χ1v) is 6.46. The fourth-order valence-corrected chi connectivity index (χ4v) is 2.80. The first-order valence-electron chi connectivity index (χ1n) is 6.46. The van der Waals surface area contributed by atoms with E-state index in [1.54, 1.807) is 6.92 Å². The van der Waals surface area contributed by atoms with E-state index in [0.29, 0.717) is 17.8 Å². The van der Waals surface area contributed by atoms with Crippen molar-refractivity contribution in [3.05, 3.63) is 0 Å². The number of alkyl halides is 2. The Morgan fingerprint density at radius 1 is 1.12 bits per heavy atom. The molecule has 16 heavy (non-hydrogen) atoms. The summed E-state index contributed by atoms with van der Waals surface area (Å²) in [5.74, 6) is 1.80. The van der Waals surface area contributed by atoms with Crippen LogP contribution in [0.4, 0.5) is 8.78 Å². The van der Waals surface area contributed by atoms with Crippen molar-refractivity contribution < 1.29 is 8.78 Å². The summed E-state index contributed by atoms with van der Waals surface area (Å²) in [4.78, 5) is 0. The van der Waals surface area contributed by atoms with Gasteiger partial charge in [0.05, 0.1) is 6.04 Å². The molecule has 1 rings (SSSR count). The number of halogens is 2. The van der Waals surface area contributed by atoms with E-state index >= 15 is 0 Å². The minimum atomic E-state index is -2.26. The van der Waals surface area contributed by atoms with Gasteiger partial charge in [0.1, 0.15) is 0 Å². The summed E-state index contributed by atoms with van der Waals surface area (Å²) < 4.78 is 25.1. The van der Waals surface area contributed by atoms with E-state index in [4.69, 9.17) is 0 Å². The molecule has 1 N–H and O–H groups in total. The zero-order valence-corrected chi connectivity index (χ0v) is 10.8. The number of hydrogen-bond acceptors (Lipinski definition) is 1. The van der Waals surface area contributed by atoms with Crippen LogP contribution in [0.15, 0.2) is 0 Å². The largest absolute Gasteiger partial charge is 0.306 e. The van der Waals surface area contributed by atoms with Gasteiger partial charge in [0.25, 0.3) is 6.43 Å². The molecule has 0 radical (unpaired) electrons. The molecule has 0 amide bonds. The minimum Gasteiger partial charge on any atom is -0.306 e. The van der Waals surface area contributed by atoms with E-state index < -0.39 is 12.5 Å². The van der Waals surface area contributed by atoms with Crippen molar-refractivity contribution >= 4 is 0 Å². The highest BCUT2D eigenvalue weighted by molar-refractivity contribution is 4.87. The third kappa shape index (κ3) is 3.69. The van der Waals surface area contributed by atoms with Crippen LogP contribution in [-0.2, 0) is 0 Å². The summed E-state index contributed by atoms with van der Waals surface area (Å²) in [6, 6.07) is -0.413. The lowest BCUT2D eigenvalue weighted by Crippen LogP contribution is -2.48. The highest BCUT2D eigenvalue weighted by atomic mass is 19.3. The normalized spacial score (nSPS) is 33.4. The van der Waals surface area contributed by atoms with Crippen LogP contribution in [0.3, 0.4) is 0 Å². The summed E-state index contributed by atoms with van der Waals surface area (Å²) in [7, 11) is 0. The zero-order chi connectivity index (χ0) is 12.3. The predicted molar refractivity (Wildman–Crippen MR) is 63.7 cm³/mol. The van der Waals surface area contributed by atoms with Crippen LogP contribution >= 0.6 is 0 Å². The van der Waals surface area contributed by atoms with Gasteiger partial charge in [-0.3, -0.25) is 0 Å². The topological polar surface area (TPSA) is 12.0 Å². The molecule has 96 valence electrons. The second kappa shape index (κ2) is 5.95. The van der Waals surface area contributed by atoms with Gasteiger partial charge in [-0.25, -0.2) is 8.78 Å². The third-order valence-corrected chi connectivity index (χ3v) is 3.88. The Morgan fingerprint density at radius 3 is 2.25 bits per heavy atom. The molecule has 1 saturated carbocycles. The number of nitrogens with one attached hydrogen (secondary N) is 1. The van der Waals surface area contributed by atoms with E-state index in [-0.39, 0.29) is 6.04 Å². The second-order valence-electron chi connectivity index (χ2n) is 5.72. The average Bonchev–Trinajstić information content (AvgIpc) is 2.16. The van der Waals surface area contributed by atoms with E-state index in [1.165, 1.54) is 12.8 Å². The van der Waals surface area contributed by atoms with E-state index in [0.717, 1.165) is 6.42 Å². The predicted octanol–water partition coefficient (Wildman–Crippen LogP) is 3.69. The molecule has 0 aromatic rings. The minimum absolute atomic E-state index is 0.271. The molecular weight excluding hydrogens is 208 g/mol. The van der Waals surface area contributed by atoms with Crippen LogP contribution in [0.2, 0.25) is 0 Å². The van der Waals surface area contributed by atoms with E-state index in [1.807, 2.05) is 0 Å². The van der Waals surface area contributed by atoms with Crippen LogP contribution in [-0.4, -0.2) is 18.5 Å². The Labute approximate surface area is 98.0 Å². The molecule has 1 aliphatic rings. The molecule has 3 heteroatoms. The molecule has 0 saturated heterocycles. The first kappa shape index (κ1) is 13.9. The van der Waals surface area contributed by atoms with Crippen molar-refractivity contribution in [3.63, 3.8) is 0 Å². The lowest BCUT2D eigenvalue weighted by Gasteiger charge is -2.39. The maximum atomic E-state index is 12.5. The molecule has 0 aromatic carbocycles. The van der Waals surface area contributed by atoms with Gasteiger partial charge in [-0.1, -0.05) is 27.2 Å². The second-order valence-corrected chi connectivity index (χ2v) is 5.72. The smallest absolute Gasteiger partial charge is 0.253 e. The fourth-order valence-electron chi connectivity index (χ4n) is 2.80. The van der Waals surface area contributed by atoms with E-state index in [9.17, 15) is 8.78 Å². The molecule has 0 aliphatic heterocycles. The van der Waals surface area contributed by atoms with Gasteiger partial charge < -0.3 is 5.32 Å². The molecule has 1 aliphatic carbocycles. The van der Waals surface area contributed by atoms with Crippen LogP contribution in [0.5, 0.6) is 0 Å². The van der Waals surface area contributed by atoms with Crippen molar-refractivity contribution in [1.29, 1.82) is 0 Å². The van der Waals surface area contributed by atoms with Gasteiger partial charge >= 0.3 is 0 Å². The van der Waals surface area contributed by atoms with Crippen molar-refractivity contribution in [2.45, 2.75) is 65.5 Å². The molecule has 1 fully saturated rings. The Bertz CT molecular complexity index is 206. The molecule has 4 atom stereocenters. The lowest BCUT2D eigenvalue weighted by atomic mass is 9.74. The maximum absolute atomic E-state index is 12.5. The lowest BCUT2D eigenvalue weighted by molar-refractivity contribution is 0.0764. The maximum Gasteiger partial charge on any atom is 0.253 e. The Hall–Kier alpha value is -0.180. The summed E-state index contributed by atoms with van der Waals surface area (Å²) in [5.41, 5.74) is 0. The average molecular weight is 233 g/mol. The summed E-state index contributed by atoms with van der Waals surface area (Å²) in [6.45, 7) is 8.20. The van der Waals surface area contributed by atoms with Crippen molar-refractivity contribution in [1.82, 2.24) is 5.32 Å². The molecule has 0 heterocycles. The van der Waals surface area contributed by atoms with Crippen molar-refractivity contribution in [3.8, 4) is 0 Å². The Morgan fingerprint density at radius 2 is 1.75 bits per heavy atom. The number of hydrogen-bond donors (Lipinski definition) is 1. The van der Waals surface area contributed by atoms with Gasteiger partial charge in [0.15, 0.2) is 0 Å². The molecule has 1 nitrogen and oxygen atoms in total. The van der Waals surface area contributed by atoms with Crippen molar-refractivity contribution in [2.75, 3.05) is 0 Å². The summed E-state index contributed by atoms with van der Waals surface area (Å²) >= 11 is 0. The Kier molecular flexibility index (Phi) is 5.16. The van der Waals surface area contributed by atoms with Crippen molar-refractivity contribution in [2.24, 2.45) is 17.8 Å². The van der Waals surface area contributed by atoms with Gasteiger partial charge in [-0.15, -0.1) is 0 Å². The summed E-state index contributed by atoms with van der Waals surface area (Å²) in [5, 5.41) is 3.13. The highest BCUT2D eigenvalue weighted by Crippen LogP contribution is 2.33. The van der Waals surface area contributed by atoms with Crippen LogP contribution in [0.25, 0.3) is 0 Å². The summed E-state index contributed by atoms with van der Waals surface area (Å²) in [6.07, 6.45) is 1.20. The quantitative estimate of drug-likeness (QED) is 0.781. The van der Waals surface area contributed by atoms with Crippen LogP contribution in [0, 0.1) is 17.8 Å². The standard InChI is InChI=1S/C13H25F2N/c1-8(2)11-6-5-9(3)7-12(11)16-10(4)13(14)15/h8-13,16H,5-7H2,1-4H3. The fraction of sp³-hybridized carbons (Fsp3) is 1.00. The van der Waals surface area contributed by atoms with Crippen LogP contribution < -0.4 is 5.32 Å². The molecule has 4 unspecified atom stereocenters. The third-order valence-electron chi connectivity index (χ3n) is 3.88. The zero-order valence-electron chi connectivity index (χ0n) is 10.8. The van der Waals surface area contributed by atoms with Gasteiger partial charge in [-0.05, 0) is 37.5 Å². The highest BCUT2D eigenvalue weighted by Gasteiger charge is 2.32. The molecular formula is C13H25F2N. The number of rotatable bonds is 4. The SMILES string of the molecule is CC1CCC(C(C)C)C(NC(C)C(F)F)C1. The van der Waals surface area contributed by atoms with Gasteiger partial charge in [0.2, 0.25) is 0 Å².